The molecule has 0 spiro atoms. The molecule has 0 radical (unpaired) electrons. The van der Waals surface area contributed by atoms with Crippen molar-refractivity contribution in [2.75, 3.05) is 16.8 Å². The molecule has 1 aromatic rings. The van der Waals surface area contributed by atoms with Crippen LogP contribution in [0.25, 0.3) is 0 Å². The second kappa shape index (κ2) is 6.20. The number of hydrogen-bond acceptors (Lipinski definition) is 1. The quantitative estimate of drug-likeness (QED) is 0.581. The van der Waals surface area contributed by atoms with Crippen molar-refractivity contribution in [3.63, 3.8) is 0 Å². The summed E-state index contributed by atoms with van der Waals surface area (Å²) < 4.78 is 0. The molecule has 1 aliphatic heterocycles. The molecule has 3 heteroatoms. The van der Waals surface area contributed by atoms with Gasteiger partial charge in [-0.25, -0.2) is 0 Å². The number of alkyl halides is 1. The summed E-state index contributed by atoms with van der Waals surface area (Å²) in [5.41, 5.74) is 2.30. The number of halogens is 1. The minimum Gasteiger partial charge on any atom is -0.312 e. The Morgan fingerprint density at radius 1 is 1.12 bits per heavy atom. The van der Waals surface area contributed by atoms with Crippen molar-refractivity contribution in [3.05, 3.63) is 29.8 Å². The first kappa shape index (κ1) is 12.6. The molecular weight excluding hydrogens is 278 g/mol. The van der Waals surface area contributed by atoms with Crippen LogP contribution in [0.4, 0.5) is 5.69 Å². The zero-order chi connectivity index (χ0) is 12.1. The monoisotopic (exact) mass is 295 g/mol. The summed E-state index contributed by atoms with van der Waals surface area (Å²) in [4.78, 5) is 13.8. The van der Waals surface area contributed by atoms with E-state index < -0.39 is 0 Å². The van der Waals surface area contributed by atoms with E-state index in [1.165, 1.54) is 24.8 Å². The number of anilines is 1. The fourth-order valence-corrected chi connectivity index (χ4v) is 2.68. The van der Waals surface area contributed by atoms with Crippen molar-refractivity contribution >= 4 is 27.5 Å². The van der Waals surface area contributed by atoms with Crippen molar-refractivity contribution < 1.29 is 4.79 Å². The van der Waals surface area contributed by atoms with Crippen LogP contribution in [0.3, 0.4) is 0 Å². The summed E-state index contributed by atoms with van der Waals surface area (Å²) in [6.07, 6.45) is 5.36. The molecule has 0 unspecified atom stereocenters. The number of para-hydroxylation sites is 1. The molecular formula is C14H18BrNO. The van der Waals surface area contributed by atoms with E-state index in [0.717, 1.165) is 24.0 Å². The Morgan fingerprint density at radius 3 is 2.71 bits per heavy atom. The van der Waals surface area contributed by atoms with Gasteiger partial charge in [0.15, 0.2) is 0 Å². The summed E-state index contributed by atoms with van der Waals surface area (Å²) in [5.74, 6) is 0.256. The Kier molecular flexibility index (Phi) is 4.60. The Balaban J connectivity index is 1.87. The molecule has 0 N–H and O–H groups in total. The Bertz CT molecular complexity index is 392. The molecule has 2 rings (SSSR count). The normalized spacial score (nSPS) is 14.2. The molecule has 2 nitrogen and oxygen atoms in total. The highest BCUT2D eigenvalue weighted by atomic mass is 79.9. The topological polar surface area (TPSA) is 20.3 Å². The van der Waals surface area contributed by atoms with Crippen molar-refractivity contribution in [2.45, 2.75) is 32.1 Å². The van der Waals surface area contributed by atoms with Gasteiger partial charge in [0.2, 0.25) is 5.91 Å². The second-order valence-corrected chi connectivity index (χ2v) is 5.25. The van der Waals surface area contributed by atoms with Crippen LogP contribution in [-0.4, -0.2) is 17.8 Å². The predicted molar refractivity (Wildman–Crippen MR) is 74.8 cm³/mol. The molecule has 0 atom stereocenters. The van der Waals surface area contributed by atoms with Gasteiger partial charge < -0.3 is 4.90 Å². The largest absolute Gasteiger partial charge is 0.312 e. The number of carbonyl (C=O) groups is 1. The third-order valence-corrected chi connectivity index (χ3v) is 3.75. The minimum atomic E-state index is 0.256. The zero-order valence-electron chi connectivity index (χ0n) is 9.99. The number of benzene rings is 1. The molecule has 17 heavy (non-hydrogen) atoms. The highest BCUT2D eigenvalue weighted by Crippen LogP contribution is 2.28. The third-order valence-electron chi connectivity index (χ3n) is 3.19. The number of unbranched alkanes of at least 4 members (excludes halogenated alkanes) is 3. The average molecular weight is 296 g/mol. The Morgan fingerprint density at radius 2 is 1.88 bits per heavy atom. The maximum absolute atomic E-state index is 11.9. The van der Waals surface area contributed by atoms with Gasteiger partial charge in [-0.2, -0.15) is 0 Å². The molecule has 0 bridgehead atoms. The Hall–Kier alpha value is -0.830. The molecule has 0 aliphatic carbocycles. The lowest BCUT2D eigenvalue weighted by Crippen LogP contribution is -2.27. The van der Waals surface area contributed by atoms with Gasteiger partial charge in [-0.1, -0.05) is 47.0 Å². The molecule has 92 valence electrons. The fraction of sp³-hybridized carbons (Fsp3) is 0.500. The first-order chi connectivity index (χ1) is 8.33. The van der Waals surface area contributed by atoms with Gasteiger partial charge in [-0.3, -0.25) is 4.79 Å². The molecule has 0 fully saturated rings. The fourth-order valence-electron chi connectivity index (χ4n) is 2.28. The molecule has 1 aliphatic rings. The number of rotatable bonds is 6. The lowest BCUT2D eigenvalue weighted by atomic mass is 10.1. The average Bonchev–Trinajstić information content (AvgIpc) is 2.65. The zero-order valence-corrected chi connectivity index (χ0v) is 11.6. The third kappa shape index (κ3) is 3.09. The van der Waals surface area contributed by atoms with E-state index in [1.807, 2.05) is 17.0 Å². The van der Waals surface area contributed by atoms with Gasteiger partial charge in [-0.05, 0) is 24.5 Å². The highest BCUT2D eigenvalue weighted by Gasteiger charge is 2.25. The first-order valence-corrected chi connectivity index (χ1v) is 7.39. The number of hydrogen-bond donors (Lipinski definition) is 0. The van der Waals surface area contributed by atoms with E-state index in [-0.39, 0.29) is 5.91 Å². The van der Waals surface area contributed by atoms with Crippen molar-refractivity contribution in [1.29, 1.82) is 0 Å². The maximum Gasteiger partial charge on any atom is 0.231 e. The molecule has 0 saturated heterocycles. The second-order valence-electron chi connectivity index (χ2n) is 4.45. The van der Waals surface area contributed by atoms with E-state index in [2.05, 4.69) is 28.1 Å². The van der Waals surface area contributed by atoms with Crippen LogP contribution in [0.1, 0.15) is 31.2 Å². The van der Waals surface area contributed by atoms with Gasteiger partial charge in [-0.15, -0.1) is 0 Å². The highest BCUT2D eigenvalue weighted by molar-refractivity contribution is 9.09. The SMILES string of the molecule is O=C1Cc2ccccc2N1CCCCCCBr. The predicted octanol–water partition coefficient (Wildman–Crippen LogP) is 3.53. The lowest BCUT2D eigenvalue weighted by Gasteiger charge is -2.17. The van der Waals surface area contributed by atoms with E-state index in [1.54, 1.807) is 0 Å². The van der Waals surface area contributed by atoms with Crippen molar-refractivity contribution in [2.24, 2.45) is 0 Å². The van der Waals surface area contributed by atoms with Gasteiger partial charge in [0, 0.05) is 17.6 Å². The molecule has 1 aromatic carbocycles. The number of nitrogens with zero attached hydrogens (tertiary/aromatic N) is 1. The van der Waals surface area contributed by atoms with Gasteiger partial charge in [0.25, 0.3) is 0 Å². The summed E-state index contributed by atoms with van der Waals surface area (Å²) in [5, 5.41) is 1.08. The summed E-state index contributed by atoms with van der Waals surface area (Å²) >= 11 is 3.43. The van der Waals surface area contributed by atoms with E-state index >= 15 is 0 Å². The Labute approximate surface area is 111 Å². The van der Waals surface area contributed by atoms with Crippen LogP contribution in [0, 0.1) is 0 Å². The van der Waals surface area contributed by atoms with E-state index in [4.69, 9.17) is 0 Å². The standard InChI is InChI=1S/C14H18BrNO/c15-9-5-1-2-6-10-16-13-8-4-3-7-12(13)11-14(16)17/h3-4,7-8H,1-2,5-6,9-11H2. The van der Waals surface area contributed by atoms with Crippen molar-refractivity contribution in [3.8, 4) is 0 Å². The van der Waals surface area contributed by atoms with Crippen LogP contribution in [0.15, 0.2) is 24.3 Å². The van der Waals surface area contributed by atoms with Gasteiger partial charge >= 0.3 is 0 Å². The number of fused-ring (bicyclic) bond motifs is 1. The summed E-state index contributed by atoms with van der Waals surface area (Å²) in [7, 11) is 0. The number of carbonyl (C=O) groups excluding carboxylic acids is 1. The van der Waals surface area contributed by atoms with E-state index in [9.17, 15) is 4.79 Å². The van der Waals surface area contributed by atoms with Crippen LogP contribution in [0.5, 0.6) is 0 Å². The molecule has 0 saturated carbocycles. The minimum absolute atomic E-state index is 0.256. The molecule has 1 amide bonds. The lowest BCUT2D eigenvalue weighted by molar-refractivity contribution is -0.117. The van der Waals surface area contributed by atoms with Gasteiger partial charge in [0.1, 0.15) is 0 Å². The maximum atomic E-state index is 11.9. The number of amides is 1. The summed E-state index contributed by atoms with van der Waals surface area (Å²) in [6, 6.07) is 8.12. The van der Waals surface area contributed by atoms with Crippen LogP contribution >= 0.6 is 15.9 Å². The van der Waals surface area contributed by atoms with E-state index in [0.29, 0.717) is 6.42 Å². The summed E-state index contributed by atoms with van der Waals surface area (Å²) in [6.45, 7) is 0.873. The van der Waals surface area contributed by atoms with Gasteiger partial charge in [0.05, 0.1) is 6.42 Å². The van der Waals surface area contributed by atoms with Crippen molar-refractivity contribution in [1.82, 2.24) is 0 Å². The molecule has 1 heterocycles. The van der Waals surface area contributed by atoms with Crippen LogP contribution in [-0.2, 0) is 11.2 Å². The molecule has 0 aromatic heterocycles. The smallest absolute Gasteiger partial charge is 0.231 e. The first-order valence-electron chi connectivity index (χ1n) is 6.27. The van der Waals surface area contributed by atoms with Crippen LogP contribution < -0.4 is 4.90 Å². The van der Waals surface area contributed by atoms with Crippen LogP contribution in [0.2, 0.25) is 0 Å².